The first-order valence-corrected chi connectivity index (χ1v) is 7.14. The number of anilines is 1. The molecule has 4 heteroatoms. The molecular formula is C14H21NO2S. The molecule has 0 radical (unpaired) electrons. The molecule has 1 aliphatic rings. The number of hydrogen-bond donors (Lipinski definition) is 1. The van der Waals surface area contributed by atoms with E-state index < -0.39 is 0 Å². The summed E-state index contributed by atoms with van der Waals surface area (Å²) in [6, 6.07) is 0. The lowest BCUT2D eigenvalue weighted by Gasteiger charge is -2.33. The molecule has 0 amide bonds. The highest BCUT2D eigenvalue weighted by molar-refractivity contribution is 7.16. The third-order valence-electron chi connectivity index (χ3n) is 3.91. The van der Waals surface area contributed by atoms with E-state index in [1.54, 1.807) is 11.3 Å². The smallest absolute Gasteiger partial charge is 0.341 e. The zero-order chi connectivity index (χ0) is 13.5. The molecule has 1 aliphatic carbocycles. The molecule has 2 rings (SSSR count). The van der Waals surface area contributed by atoms with Gasteiger partial charge >= 0.3 is 5.97 Å². The average Bonchev–Trinajstić information content (AvgIpc) is 2.61. The van der Waals surface area contributed by atoms with Crippen LogP contribution in [-0.4, -0.2) is 13.1 Å². The molecule has 3 nitrogen and oxygen atoms in total. The Labute approximate surface area is 112 Å². The van der Waals surface area contributed by atoms with Crippen molar-refractivity contribution < 1.29 is 9.53 Å². The zero-order valence-corrected chi connectivity index (χ0v) is 12.3. The molecule has 0 unspecified atom stereocenters. The Morgan fingerprint density at radius 2 is 2.11 bits per heavy atom. The van der Waals surface area contributed by atoms with Gasteiger partial charge in [-0.25, -0.2) is 4.79 Å². The van der Waals surface area contributed by atoms with Gasteiger partial charge in [0.1, 0.15) is 5.00 Å². The Bertz CT molecular complexity index is 471. The minimum Gasteiger partial charge on any atom is -0.465 e. The number of methoxy groups -OCH3 is 1. The molecule has 0 saturated heterocycles. The molecule has 100 valence electrons. The first kappa shape index (κ1) is 13.4. The van der Waals surface area contributed by atoms with Gasteiger partial charge in [0.2, 0.25) is 0 Å². The van der Waals surface area contributed by atoms with Crippen molar-refractivity contribution in [3.8, 4) is 0 Å². The van der Waals surface area contributed by atoms with E-state index in [0.29, 0.717) is 21.9 Å². The molecule has 0 aliphatic heterocycles. The van der Waals surface area contributed by atoms with E-state index in [1.165, 1.54) is 12.0 Å². The molecule has 1 heterocycles. The Morgan fingerprint density at radius 1 is 1.44 bits per heavy atom. The van der Waals surface area contributed by atoms with Gasteiger partial charge < -0.3 is 10.5 Å². The average molecular weight is 267 g/mol. The predicted octanol–water partition coefficient (Wildman–Crippen LogP) is 3.27. The standard InChI is InChI=1S/C14H21NO2S/c1-14(2,3)8-5-6-9-10(7-8)18-12(15)11(9)13(16)17-4/h8H,5-7,15H2,1-4H3/t8-/m0/s1. The Morgan fingerprint density at radius 3 is 2.67 bits per heavy atom. The quantitative estimate of drug-likeness (QED) is 0.794. The van der Waals surface area contributed by atoms with Crippen LogP contribution in [0.2, 0.25) is 0 Å². The topological polar surface area (TPSA) is 52.3 Å². The lowest BCUT2D eigenvalue weighted by molar-refractivity contribution is 0.0600. The van der Waals surface area contributed by atoms with Crippen LogP contribution < -0.4 is 5.73 Å². The van der Waals surface area contributed by atoms with Crippen molar-refractivity contribution in [3.05, 3.63) is 16.0 Å². The van der Waals surface area contributed by atoms with E-state index in [4.69, 9.17) is 10.5 Å². The van der Waals surface area contributed by atoms with Gasteiger partial charge in [-0.05, 0) is 36.2 Å². The third-order valence-corrected chi connectivity index (χ3v) is 4.99. The minimum atomic E-state index is -0.292. The van der Waals surface area contributed by atoms with Crippen molar-refractivity contribution in [2.24, 2.45) is 11.3 Å². The van der Waals surface area contributed by atoms with Crippen molar-refractivity contribution in [1.82, 2.24) is 0 Å². The summed E-state index contributed by atoms with van der Waals surface area (Å²) in [5.41, 5.74) is 8.02. The largest absolute Gasteiger partial charge is 0.465 e. The number of fused-ring (bicyclic) bond motifs is 1. The summed E-state index contributed by atoms with van der Waals surface area (Å²) in [7, 11) is 1.41. The number of carbonyl (C=O) groups is 1. The fourth-order valence-electron chi connectivity index (χ4n) is 2.67. The Kier molecular flexibility index (Phi) is 3.41. The molecule has 2 N–H and O–H groups in total. The van der Waals surface area contributed by atoms with Gasteiger partial charge in [0, 0.05) is 4.88 Å². The normalized spacial score (nSPS) is 19.4. The summed E-state index contributed by atoms with van der Waals surface area (Å²) < 4.78 is 4.82. The molecule has 0 bridgehead atoms. The summed E-state index contributed by atoms with van der Waals surface area (Å²) in [4.78, 5) is 13.0. The SMILES string of the molecule is COC(=O)c1c(N)sc2c1CC[C@H](C(C)(C)C)C2. The fourth-order valence-corrected chi connectivity index (χ4v) is 3.86. The number of nitrogen functional groups attached to an aromatic ring is 1. The van der Waals surface area contributed by atoms with Crippen LogP contribution in [0.4, 0.5) is 5.00 Å². The number of thiophene rings is 1. The molecule has 0 aromatic carbocycles. The van der Waals surface area contributed by atoms with Crippen LogP contribution in [0.15, 0.2) is 0 Å². The van der Waals surface area contributed by atoms with Gasteiger partial charge in [0.15, 0.2) is 0 Å². The highest BCUT2D eigenvalue weighted by atomic mass is 32.1. The molecule has 0 saturated carbocycles. The van der Waals surface area contributed by atoms with E-state index in [2.05, 4.69) is 20.8 Å². The first-order chi connectivity index (χ1) is 8.34. The van der Waals surface area contributed by atoms with Gasteiger partial charge in [-0.15, -0.1) is 11.3 Å². The first-order valence-electron chi connectivity index (χ1n) is 6.33. The summed E-state index contributed by atoms with van der Waals surface area (Å²) in [6.07, 6.45) is 3.09. The second-order valence-electron chi connectivity index (χ2n) is 6.04. The monoisotopic (exact) mass is 267 g/mol. The van der Waals surface area contributed by atoms with E-state index >= 15 is 0 Å². The lowest BCUT2D eigenvalue weighted by Crippen LogP contribution is -2.26. The number of carbonyl (C=O) groups excluding carboxylic acids is 1. The van der Waals surface area contributed by atoms with Crippen LogP contribution >= 0.6 is 11.3 Å². The molecule has 1 aromatic heterocycles. The van der Waals surface area contributed by atoms with Crippen LogP contribution in [0.5, 0.6) is 0 Å². The molecule has 1 aromatic rings. The van der Waals surface area contributed by atoms with E-state index in [-0.39, 0.29) is 5.97 Å². The van der Waals surface area contributed by atoms with E-state index in [0.717, 1.165) is 24.8 Å². The van der Waals surface area contributed by atoms with Crippen molar-refractivity contribution >= 4 is 22.3 Å². The van der Waals surface area contributed by atoms with Crippen LogP contribution in [0, 0.1) is 11.3 Å². The van der Waals surface area contributed by atoms with Crippen LogP contribution in [0.3, 0.4) is 0 Å². The summed E-state index contributed by atoms with van der Waals surface area (Å²) in [6.45, 7) is 6.84. The molecule has 18 heavy (non-hydrogen) atoms. The van der Waals surface area contributed by atoms with Crippen LogP contribution in [0.25, 0.3) is 0 Å². The Hall–Kier alpha value is -1.03. The van der Waals surface area contributed by atoms with Gasteiger partial charge in [-0.3, -0.25) is 0 Å². The number of rotatable bonds is 1. The summed E-state index contributed by atoms with van der Waals surface area (Å²) in [5.74, 6) is 0.368. The predicted molar refractivity (Wildman–Crippen MR) is 75.0 cm³/mol. The number of ether oxygens (including phenoxy) is 1. The number of nitrogens with two attached hydrogens (primary N) is 1. The summed E-state index contributed by atoms with van der Waals surface area (Å²) in [5, 5.41) is 0.612. The highest BCUT2D eigenvalue weighted by Gasteiger charge is 2.33. The molecule has 0 fully saturated rings. The zero-order valence-electron chi connectivity index (χ0n) is 11.5. The maximum absolute atomic E-state index is 11.8. The highest BCUT2D eigenvalue weighted by Crippen LogP contribution is 2.43. The molecule has 1 atom stereocenters. The summed E-state index contributed by atoms with van der Waals surface area (Å²) >= 11 is 1.56. The van der Waals surface area contributed by atoms with Crippen molar-refractivity contribution in [1.29, 1.82) is 0 Å². The van der Waals surface area contributed by atoms with Crippen molar-refractivity contribution in [2.45, 2.75) is 40.0 Å². The maximum Gasteiger partial charge on any atom is 0.341 e. The number of esters is 1. The number of hydrogen-bond acceptors (Lipinski definition) is 4. The molecule has 0 spiro atoms. The van der Waals surface area contributed by atoms with E-state index in [9.17, 15) is 4.79 Å². The maximum atomic E-state index is 11.8. The fraction of sp³-hybridized carbons (Fsp3) is 0.643. The van der Waals surface area contributed by atoms with E-state index in [1.807, 2.05) is 0 Å². The van der Waals surface area contributed by atoms with Gasteiger partial charge in [-0.1, -0.05) is 20.8 Å². The Balaban J connectivity index is 2.34. The van der Waals surface area contributed by atoms with Crippen molar-refractivity contribution in [3.63, 3.8) is 0 Å². The van der Waals surface area contributed by atoms with Crippen molar-refractivity contribution in [2.75, 3.05) is 12.8 Å². The van der Waals surface area contributed by atoms with Gasteiger partial charge in [0.25, 0.3) is 0 Å². The third kappa shape index (κ3) is 2.26. The second-order valence-corrected chi connectivity index (χ2v) is 7.18. The van der Waals surface area contributed by atoms with Gasteiger partial charge in [0.05, 0.1) is 12.7 Å². The van der Waals surface area contributed by atoms with Gasteiger partial charge in [-0.2, -0.15) is 0 Å². The lowest BCUT2D eigenvalue weighted by atomic mass is 9.72. The van der Waals surface area contributed by atoms with Crippen LogP contribution in [-0.2, 0) is 17.6 Å². The minimum absolute atomic E-state index is 0.292. The second kappa shape index (κ2) is 4.57. The van der Waals surface area contributed by atoms with Crippen LogP contribution in [0.1, 0.15) is 48.0 Å². The molecular weight excluding hydrogens is 246 g/mol.